The number of benzene rings is 1. The third-order valence-electron chi connectivity index (χ3n) is 4.33. The van der Waals surface area contributed by atoms with Crippen molar-refractivity contribution in [3.8, 4) is 0 Å². The number of rotatable bonds is 3. The molecule has 1 unspecified atom stereocenters. The number of nitrogens with one attached hydrogen (secondary N) is 1. The monoisotopic (exact) mass is 323 g/mol. The van der Waals surface area contributed by atoms with Gasteiger partial charge in [-0.25, -0.2) is 4.68 Å². The van der Waals surface area contributed by atoms with Gasteiger partial charge in [-0.3, -0.25) is 9.59 Å². The standard InChI is InChI=1S/C19H21N3O2/c1-13(10-14-6-4-3-5-7-14)19(24)20-16-8-9-17-15(11-16)12-18(23)22(2)21-17/h3-7,10,12,16H,8-9,11H2,1-2H3,(H,20,24). The van der Waals surface area contributed by atoms with Crippen molar-refractivity contribution < 1.29 is 4.79 Å². The first-order valence-electron chi connectivity index (χ1n) is 8.13. The molecule has 24 heavy (non-hydrogen) atoms. The number of aryl methyl sites for hydroxylation is 2. The van der Waals surface area contributed by atoms with Crippen LogP contribution in [0, 0.1) is 0 Å². The summed E-state index contributed by atoms with van der Waals surface area (Å²) in [4.78, 5) is 24.1. The maximum atomic E-state index is 12.4. The molecule has 1 aliphatic rings. The fourth-order valence-corrected chi connectivity index (χ4v) is 2.97. The van der Waals surface area contributed by atoms with Crippen LogP contribution in [0.4, 0.5) is 0 Å². The molecule has 1 N–H and O–H groups in total. The van der Waals surface area contributed by atoms with E-state index in [1.807, 2.05) is 43.3 Å². The number of nitrogens with zero attached hydrogens (tertiary/aromatic N) is 2. The van der Waals surface area contributed by atoms with Crippen LogP contribution in [0.25, 0.3) is 6.08 Å². The lowest BCUT2D eigenvalue weighted by Crippen LogP contribution is -2.40. The zero-order valence-corrected chi connectivity index (χ0v) is 14.0. The van der Waals surface area contributed by atoms with Crippen molar-refractivity contribution in [1.29, 1.82) is 0 Å². The maximum Gasteiger partial charge on any atom is 0.266 e. The molecular weight excluding hydrogens is 302 g/mol. The third-order valence-corrected chi connectivity index (χ3v) is 4.33. The second-order valence-electron chi connectivity index (χ2n) is 6.23. The minimum Gasteiger partial charge on any atom is -0.349 e. The molecule has 5 heteroatoms. The van der Waals surface area contributed by atoms with Crippen molar-refractivity contribution in [2.24, 2.45) is 7.05 Å². The molecule has 0 radical (unpaired) electrons. The van der Waals surface area contributed by atoms with Crippen LogP contribution in [0.1, 0.15) is 30.2 Å². The average Bonchev–Trinajstić information content (AvgIpc) is 2.57. The van der Waals surface area contributed by atoms with Crippen molar-refractivity contribution in [1.82, 2.24) is 15.1 Å². The molecule has 3 rings (SSSR count). The van der Waals surface area contributed by atoms with Gasteiger partial charge in [-0.15, -0.1) is 0 Å². The van der Waals surface area contributed by atoms with Crippen LogP contribution in [0.5, 0.6) is 0 Å². The molecule has 0 saturated carbocycles. The fourth-order valence-electron chi connectivity index (χ4n) is 2.97. The van der Waals surface area contributed by atoms with Gasteiger partial charge in [0, 0.05) is 24.7 Å². The summed E-state index contributed by atoms with van der Waals surface area (Å²) in [6, 6.07) is 11.4. The van der Waals surface area contributed by atoms with Crippen LogP contribution in [0.2, 0.25) is 0 Å². The lowest BCUT2D eigenvalue weighted by atomic mass is 9.92. The fraction of sp³-hybridized carbons (Fsp3) is 0.316. The minimum absolute atomic E-state index is 0.0398. The summed E-state index contributed by atoms with van der Waals surface area (Å²) in [5.74, 6) is -0.0657. The van der Waals surface area contributed by atoms with E-state index in [9.17, 15) is 9.59 Å². The van der Waals surface area contributed by atoms with Gasteiger partial charge in [-0.1, -0.05) is 30.3 Å². The Hall–Kier alpha value is -2.69. The van der Waals surface area contributed by atoms with Crippen LogP contribution in [-0.4, -0.2) is 21.7 Å². The number of hydrogen-bond donors (Lipinski definition) is 1. The van der Waals surface area contributed by atoms with Crippen LogP contribution in [0.3, 0.4) is 0 Å². The number of carbonyl (C=O) groups excluding carboxylic acids is 1. The summed E-state index contributed by atoms with van der Waals surface area (Å²) in [5.41, 5.74) is 3.47. The van der Waals surface area contributed by atoms with Gasteiger partial charge in [0.15, 0.2) is 0 Å². The van der Waals surface area contributed by atoms with E-state index in [-0.39, 0.29) is 17.5 Å². The van der Waals surface area contributed by atoms with Crippen molar-refractivity contribution in [2.75, 3.05) is 0 Å². The normalized spacial score (nSPS) is 17.2. The van der Waals surface area contributed by atoms with Crippen molar-refractivity contribution in [3.63, 3.8) is 0 Å². The van der Waals surface area contributed by atoms with E-state index in [4.69, 9.17) is 0 Å². The topological polar surface area (TPSA) is 64.0 Å². The molecule has 124 valence electrons. The first kappa shape index (κ1) is 16.2. The second-order valence-corrected chi connectivity index (χ2v) is 6.23. The Morgan fingerprint density at radius 3 is 2.83 bits per heavy atom. The molecule has 5 nitrogen and oxygen atoms in total. The number of carbonyl (C=O) groups is 1. The van der Waals surface area contributed by atoms with Crippen molar-refractivity contribution >= 4 is 12.0 Å². The van der Waals surface area contributed by atoms with Crippen LogP contribution < -0.4 is 10.9 Å². The van der Waals surface area contributed by atoms with Gasteiger partial charge in [0.1, 0.15) is 0 Å². The average molecular weight is 323 g/mol. The number of aromatic nitrogens is 2. The van der Waals surface area contributed by atoms with E-state index in [1.165, 1.54) is 4.68 Å². The SMILES string of the molecule is CC(=Cc1ccccc1)C(=O)NC1CCc2nn(C)c(=O)cc2C1. The molecule has 0 spiro atoms. The van der Waals surface area contributed by atoms with E-state index in [0.29, 0.717) is 12.0 Å². The van der Waals surface area contributed by atoms with Gasteiger partial charge >= 0.3 is 0 Å². The Labute approximate surface area is 141 Å². The predicted molar refractivity (Wildman–Crippen MR) is 93.5 cm³/mol. The summed E-state index contributed by atoms with van der Waals surface area (Å²) in [6.45, 7) is 1.82. The highest BCUT2D eigenvalue weighted by molar-refractivity contribution is 5.97. The van der Waals surface area contributed by atoms with E-state index in [2.05, 4.69) is 10.4 Å². The number of hydrogen-bond acceptors (Lipinski definition) is 3. The minimum atomic E-state index is -0.110. The zero-order chi connectivity index (χ0) is 17.1. The van der Waals surface area contributed by atoms with E-state index in [0.717, 1.165) is 29.7 Å². The van der Waals surface area contributed by atoms with Crippen LogP contribution >= 0.6 is 0 Å². The Morgan fingerprint density at radius 2 is 2.08 bits per heavy atom. The number of fused-ring (bicyclic) bond motifs is 1. The lowest BCUT2D eigenvalue weighted by Gasteiger charge is -2.25. The molecular formula is C19H21N3O2. The largest absolute Gasteiger partial charge is 0.349 e. The third kappa shape index (κ3) is 3.62. The quantitative estimate of drug-likeness (QED) is 0.877. The highest BCUT2D eigenvalue weighted by Crippen LogP contribution is 2.18. The lowest BCUT2D eigenvalue weighted by molar-refractivity contribution is -0.118. The molecule has 0 saturated heterocycles. The zero-order valence-electron chi connectivity index (χ0n) is 14.0. The molecule has 1 amide bonds. The first-order valence-corrected chi connectivity index (χ1v) is 8.13. The van der Waals surface area contributed by atoms with Gasteiger partial charge in [-0.05, 0) is 43.4 Å². The van der Waals surface area contributed by atoms with Gasteiger partial charge in [0.05, 0.1) is 5.69 Å². The summed E-state index contributed by atoms with van der Waals surface area (Å²) >= 11 is 0. The van der Waals surface area contributed by atoms with Crippen LogP contribution in [-0.2, 0) is 24.7 Å². The Bertz CT molecular complexity index is 837. The van der Waals surface area contributed by atoms with E-state index in [1.54, 1.807) is 13.1 Å². The molecule has 1 heterocycles. The summed E-state index contributed by atoms with van der Waals surface area (Å²) < 4.78 is 1.37. The molecule has 1 aromatic carbocycles. The molecule has 1 atom stereocenters. The molecule has 0 fully saturated rings. The Balaban J connectivity index is 1.68. The number of amides is 1. The molecule has 1 aromatic heterocycles. The van der Waals surface area contributed by atoms with Gasteiger partial charge in [0.25, 0.3) is 5.56 Å². The van der Waals surface area contributed by atoms with Crippen molar-refractivity contribution in [3.05, 3.63) is 69.1 Å². The molecule has 0 aliphatic heterocycles. The summed E-state index contributed by atoms with van der Waals surface area (Å²) in [6.07, 6.45) is 4.14. The van der Waals surface area contributed by atoms with Gasteiger partial charge in [0.2, 0.25) is 5.91 Å². The van der Waals surface area contributed by atoms with Crippen LogP contribution in [0.15, 0.2) is 46.8 Å². The Kier molecular flexibility index (Phi) is 4.60. The summed E-state index contributed by atoms with van der Waals surface area (Å²) in [7, 11) is 1.66. The van der Waals surface area contributed by atoms with Gasteiger partial charge in [-0.2, -0.15) is 5.10 Å². The first-order chi connectivity index (χ1) is 11.5. The molecule has 0 bridgehead atoms. The Morgan fingerprint density at radius 1 is 1.33 bits per heavy atom. The molecule has 2 aromatic rings. The maximum absolute atomic E-state index is 12.4. The predicted octanol–water partition coefficient (Wildman–Crippen LogP) is 1.86. The van der Waals surface area contributed by atoms with E-state index < -0.39 is 0 Å². The molecule has 1 aliphatic carbocycles. The highest BCUT2D eigenvalue weighted by atomic mass is 16.1. The highest BCUT2D eigenvalue weighted by Gasteiger charge is 2.22. The smallest absolute Gasteiger partial charge is 0.266 e. The van der Waals surface area contributed by atoms with Crippen molar-refractivity contribution in [2.45, 2.75) is 32.2 Å². The summed E-state index contributed by atoms with van der Waals surface area (Å²) in [5, 5.41) is 7.37. The van der Waals surface area contributed by atoms with Gasteiger partial charge < -0.3 is 5.32 Å². The van der Waals surface area contributed by atoms with E-state index >= 15 is 0 Å². The second kappa shape index (κ2) is 6.83.